The largest absolute Gasteiger partial charge is 0.457 e. The van der Waals surface area contributed by atoms with Crippen molar-refractivity contribution in [2.75, 3.05) is 11.5 Å². The van der Waals surface area contributed by atoms with Crippen molar-refractivity contribution in [3.8, 4) is 23.0 Å². The minimum absolute atomic E-state index is 0.602. The number of nitrogen functional groups attached to an aromatic ring is 2. The topological polar surface area (TPSA) is 70.5 Å². The molecule has 0 bridgehead atoms. The molecular weight excluding hydrogens is 276 g/mol. The van der Waals surface area contributed by atoms with Crippen molar-refractivity contribution in [1.82, 2.24) is 0 Å². The van der Waals surface area contributed by atoms with Crippen LogP contribution in [0.2, 0.25) is 0 Å². The van der Waals surface area contributed by atoms with Crippen molar-refractivity contribution in [3.63, 3.8) is 0 Å². The van der Waals surface area contributed by atoms with Crippen LogP contribution in [0, 0.1) is 0 Å². The molecular formula is C18H16N2O2. The molecule has 3 rings (SSSR count). The van der Waals surface area contributed by atoms with Crippen LogP contribution in [0.5, 0.6) is 23.0 Å². The quantitative estimate of drug-likeness (QED) is 0.698. The molecule has 0 spiro atoms. The lowest BCUT2D eigenvalue weighted by Crippen LogP contribution is -1.91. The number of para-hydroxylation sites is 2. The lowest BCUT2D eigenvalue weighted by Gasteiger charge is -2.09. The summed E-state index contributed by atoms with van der Waals surface area (Å²) in [4.78, 5) is 0. The van der Waals surface area contributed by atoms with Crippen molar-refractivity contribution >= 4 is 11.4 Å². The van der Waals surface area contributed by atoms with E-state index in [1.807, 2.05) is 54.6 Å². The van der Waals surface area contributed by atoms with Gasteiger partial charge in [-0.15, -0.1) is 0 Å². The van der Waals surface area contributed by atoms with Gasteiger partial charge in [-0.3, -0.25) is 0 Å². The maximum absolute atomic E-state index is 5.85. The summed E-state index contributed by atoms with van der Waals surface area (Å²) in [6, 6.07) is 22.0. The molecule has 0 saturated carbocycles. The Kier molecular flexibility index (Phi) is 3.83. The van der Waals surface area contributed by atoms with Gasteiger partial charge in [0.15, 0.2) is 0 Å². The van der Waals surface area contributed by atoms with E-state index < -0.39 is 0 Å². The highest BCUT2D eigenvalue weighted by Gasteiger charge is 2.02. The van der Waals surface area contributed by atoms with E-state index in [4.69, 9.17) is 20.9 Å². The molecule has 0 aliphatic rings. The molecule has 0 atom stereocenters. The Hall–Kier alpha value is -3.14. The summed E-state index contributed by atoms with van der Waals surface area (Å²) in [5.74, 6) is 2.78. The van der Waals surface area contributed by atoms with Gasteiger partial charge < -0.3 is 20.9 Å². The molecule has 0 fully saturated rings. The van der Waals surface area contributed by atoms with E-state index in [-0.39, 0.29) is 0 Å². The summed E-state index contributed by atoms with van der Waals surface area (Å²) in [5, 5.41) is 0. The summed E-state index contributed by atoms with van der Waals surface area (Å²) in [5.41, 5.74) is 12.8. The Morgan fingerprint density at radius 2 is 1.05 bits per heavy atom. The van der Waals surface area contributed by atoms with Gasteiger partial charge >= 0.3 is 0 Å². The van der Waals surface area contributed by atoms with Gasteiger partial charge in [0.05, 0.1) is 5.69 Å². The van der Waals surface area contributed by atoms with E-state index in [1.165, 1.54) is 0 Å². The lowest BCUT2D eigenvalue weighted by atomic mass is 10.3. The van der Waals surface area contributed by atoms with E-state index in [1.54, 1.807) is 18.2 Å². The molecule has 0 unspecified atom stereocenters. The number of hydrogen-bond donors (Lipinski definition) is 2. The molecule has 22 heavy (non-hydrogen) atoms. The predicted octanol–water partition coefficient (Wildman–Crippen LogP) is 4.44. The minimum Gasteiger partial charge on any atom is -0.457 e. The maximum atomic E-state index is 5.85. The Labute approximate surface area is 128 Å². The van der Waals surface area contributed by atoms with E-state index in [9.17, 15) is 0 Å². The number of benzene rings is 3. The standard InChI is InChI=1S/C18H16N2O2/c19-13-5-7-14(8-6-13)21-15-9-11-16(12-10-15)22-18-4-2-1-3-17(18)20/h1-12H,19-20H2. The van der Waals surface area contributed by atoms with Gasteiger partial charge in [-0.1, -0.05) is 12.1 Å². The number of nitrogens with two attached hydrogens (primary N) is 2. The average Bonchev–Trinajstić information content (AvgIpc) is 2.54. The molecule has 0 aliphatic carbocycles. The van der Waals surface area contributed by atoms with Crippen LogP contribution in [-0.4, -0.2) is 0 Å². The SMILES string of the molecule is Nc1ccc(Oc2ccc(Oc3ccccc3N)cc2)cc1. The molecule has 4 nitrogen and oxygen atoms in total. The molecule has 0 amide bonds. The highest BCUT2D eigenvalue weighted by atomic mass is 16.5. The van der Waals surface area contributed by atoms with Crippen molar-refractivity contribution in [1.29, 1.82) is 0 Å². The van der Waals surface area contributed by atoms with Gasteiger partial charge in [-0.2, -0.15) is 0 Å². The van der Waals surface area contributed by atoms with E-state index in [0.29, 0.717) is 22.9 Å². The van der Waals surface area contributed by atoms with Gasteiger partial charge in [0.25, 0.3) is 0 Å². The van der Waals surface area contributed by atoms with Crippen molar-refractivity contribution in [3.05, 3.63) is 72.8 Å². The number of ether oxygens (including phenoxy) is 2. The summed E-state index contributed by atoms with van der Waals surface area (Å²) in [6.45, 7) is 0. The fourth-order valence-corrected chi connectivity index (χ4v) is 1.95. The first kappa shape index (κ1) is 13.8. The van der Waals surface area contributed by atoms with Crippen LogP contribution >= 0.6 is 0 Å². The van der Waals surface area contributed by atoms with Gasteiger partial charge in [0.2, 0.25) is 0 Å². The van der Waals surface area contributed by atoms with Crippen LogP contribution < -0.4 is 20.9 Å². The van der Waals surface area contributed by atoms with Gasteiger partial charge in [0.1, 0.15) is 23.0 Å². The van der Waals surface area contributed by atoms with Crippen LogP contribution in [0.25, 0.3) is 0 Å². The third kappa shape index (κ3) is 3.30. The predicted molar refractivity (Wildman–Crippen MR) is 88.3 cm³/mol. The number of anilines is 2. The normalized spacial score (nSPS) is 10.2. The second-order valence-electron chi connectivity index (χ2n) is 4.78. The Bertz CT molecular complexity index is 753. The Morgan fingerprint density at radius 1 is 0.545 bits per heavy atom. The zero-order chi connectivity index (χ0) is 15.4. The van der Waals surface area contributed by atoms with Gasteiger partial charge in [0, 0.05) is 5.69 Å². The van der Waals surface area contributed by atoms with Crippen molar-refractivity contribution in [2.24, 2.45) is 0 Å². The monoisotopic (exact) mass is 292 g/mol. The Balaban J connectivity index is 1.70. The summed E-state index contributed by atoms with van der Waals surface area (Å²) in [6.07, 6.45) is 0. The molecule has 0 saturated heterocycles. The van der Waals surface area contributed by atoms with E-state index in [2.05, 4.69) is 0 Å². The number of hydrogen-bond acceptors (Lipinski definition) is 4. The van der Waals surface area contributed by atoms with Crippen LogP contribution in [0.1, 0.15) is 0 Å². The molecule has 0 aliphatic heterocycles. The highest BCUT2D eigenvalue weighted by Crippen LogP contribution is 2.29. The fraction of sp³-hybridized carbons (Fsp3) is 0. The molecule has 4 N–H and O–H groups in total. The Morgan fingerprint density at radius 3 is 1.64 bits per heavy atom. The second-order valence-corrected chi connectivity index (χ2v) is 4.78. The first-order chi connectivity index (χ1) is 10.7. The highest BCUT2D eigenvalue weighted by molar-refractivity contribution is 5.53. The van der Waals surface area contributed by atoms with E-state index >= 15 is 0 Å². The summed E-state index contributed by atoms with van der Waals surface area (Å²) < 4.78 is 11.5. The van der Waals surface area contributed by atoms with E-state index in [0.717, 1.165) is 11.5 Å². The zero-order valence-corrected chi connectivity index (χ0v) is 11.9. The summed E-state index contributed by atoms with van der Waals surface area (Å²) in [7, 11) is 0. The smallest absolute Gasteiger partial charge is 0.150 e. The summed E-state index contributed by atoms with van der Waals surface area (Å²) >= 11 is 0. The minimum atomic E-state index is 0.602. The van der Waals surface area contributed by atoms with Crippen LogP contribution in [0.15, 0.2) is 72.8 Å². The molecule has 0 heterocycles. The van der Waals surface area contributed by atoms with Crippen molar-refractivity contribution < 1.29 is 9.47 Å². The molecule has 3 aromatic carbocycles. The molecule has 0 radical (unpaired) electrons. The van der Waals surface area contributed by atoms with Crippen LogP contribution in [0.3, 0.4) is 0 Å². The second kappa shape index (κ2) is 6.10. The van der Waals surface area contributed by atoms with Gasteiger partial charge in [-0.05, 0) is 60.7 Å². The first-order valence-corrected chi connectivity index (χ1v) is 6.86. The zero-order valence-electron chi connectivity index (χ0n) is 11.9. The molecule has 0 aromatic heterocycles. The number of rotatable bonds is 4. The molecule has 110 valence electrons. The van der Waals surface area contributed by atoms with Crippen LogP contribution in [0.4, 0.5) is 11.4 Å². The third-order valence-electron chi connectivity index (χ3n) is 3.09. The third-order valence-corrected chi connectivity index (χ3v) is 3.09. The van der Waals surface area contributed by atoms with Crippen LogP contribution in [-0.2, 0) is 0 Å². The molecule has 4 heteroatoms. The average molecular weight is 292 g/mol. The van der Waals surface area contributed by atoms with Gasteiger partial charge in [-0.25, -0.2) is 0 Å². The van der Waals surface area contributed by atoms with Crippen molar-refractivity contribution in [2.45, 2.75) is 0 Å². The first-order valence-electron chi connectivity index (χ1n) is 6.86. The molecule has 3 aromatic rings. The fourth-order valence-electron chi connectivity index (χ4n) is 1.95. The maximum Gasteiger partial charge on any atom is 0.150 e. The lowest BCUT2D eigenvalue weighted by molar-refractivity contribution is 0.470.